The molecular weight excluding hydrogens is 399 g/mol. The molecule has 0 radical (unpaired) electrons. The number of nitrogens with zero attached hydrogens (tertiary/aromatic N) is 2. The third-order valence-electron chi connectivity index (χ3n) is 6.82. The summed E-state index contributed by atoms with van der Waals surface area (Å²) in [5.41, 5.74) is 0.159. The molecule has 2 atom stereocenters. The Morgan fingerprint density at radius 2 is 1.81 bits per heavy atom. The number of amides is 2. The molecule has 1 heterocycles. The van der Waals surface area contributed by atoms with Crippen LogP contribution in [0.15, 0.2) is 36.7 Å². The largest absolute Gasteiger partial charge is 0.414 e. The van der Waals surface area contributed by atoms with Crippen molar-refractivity contribution in [2.24, 2.45) is 11.8 Å². The Morgan fingerprint density at radius 1 is 1.10 bits per heavy atom. The van der Waals surface area contributed by atoms with E-state index in [0.717, 1.165) is 32.1 Å². The molecule has 0 aliphatic heterocycles. The lowest BCUT2D eigenvalue weighted by Crippen LogP contribution is -2.70. The maximum Gasteiger partial charge on any atom is 0.414 e. The van der Waals surface area contributed by atoms with Crippen molar-refractivity contribution in [3.05, 3.63) is 53.7 Å². The maximum atomic E-state index is 13.6. The Kier molecular flexibility index (Phi) is 4.68. The van der Waals surface area contributed by atoms with E-state index in [1.54, 1.807) is 19.2 Å². The highest BCUT2D eigenvalue weighted by molar-refractivity contribution is 5.94. The Bertz CT molecular complexity index is 1030. The second kappa shape index (κ2) is 7.28. The fourth-order valence-corrected chi connectivity index (χ4v) is 6.32. The summed E-state index contributed by atoms with van der Waals surface area (Å²) < 4.78 is 19.0. The lowest BCUT2D eigenvalue weighted by atomic mass is 9.50. The Morgan fingerprint density at radius 3 is 2.48 bits per heavy atom. The van der Waals surface area contributed by atoms with Crippen molar-refractivity contribution in [1.29, 1.82) is 0 Å². The second-order valence-corrected chi connectivity index (χ2v) is 9.50. The standard InChI is InChI=1S/C23H25FN4O3/c1-14-11-25-12-19(26-14)31-21(30)28-23-9-15-5-16(10-23)8-22(7-15,13-23)27-20(29)17-3-2-4-18(24)6-17/h2-4,6,11-12,15-16H,5,7-10,13H2,1H3,(H,27,29)(H,28,30). The summed E-state index contributed by atoms with van der Waals surface area (Å²) in [4.78, 5) is 33.7. The smallest absolute Gasteiger partial charge is 0.390 e. The highest BCUT2D eigenvalue weighted by Crippen LogP contribution is 2.57. The first-order valence-corrected chi connectivity index (χ1v) is 10.7. The SMILES string of the molecule is Cc1cncc(OC(=O)NC23CC4CC(C2)CC(NC(=O)c2cccc(F)c2)(C4)C3)n1. The highest BCUT2D eigenvalue weighted by Gasteiger charge is 2.59. The van der Waals surface area contributed by atoms with Gasteiger partial charge in [0.05, 0.1) is 11.9 Å². The van der Waals surface area contributed by atoms with Gasteiger partial charge in [0.2, 0.25) is 5.88 Å². The van der Waals surface area contributed by atoms with Crippen molar-refractivity contribution in [1.82, 2.24) is 20.6 Å². The van der Waals surface area contributed by atoms with Crippen LogP contribution in [0.1, 0.15) is 54.6 Å². The Hall–Kier alpha value is -3.03. The highest BCUT2D eigenvalue weighted by atomic mass is 19.1. The topological polar surface area (TPSA) is 93.2 Å². The van der Waals surface area contributed by atoms with Gasteiger partial charge in [-0.3, -0.25) is 9.78 Å². The van der Waals surface area contributed by atoms with E-state index in [1.165, 1.54) is 24.4 Å². The monoisotopic (exact) mass is 424 g/mol. The van der Waals surface area contributed by atoms with E-state index in [1.807, 2.05) is 0 Å². The van der Waals surface area contributed by atoms with Crippen molar-refractivity contribution in [3.8, 4) is 5.88 Å². The zero-order valence-corrected chi connectivity index (χ0v) is 17.4. The summed E-state index contributed by atoms with van der Waals surface area (Å²) in [5, 5.41) is 6.30. The van der Waals surface area contributed by atoms with E-state index in [0.29, 0.717) is 29.5 Å². The van der Waals surface area contributed by atoms with E-state index in [2.05, 4.69) is 20.6 Å². The molecule has 4 saturated carbocycles. The molecule has 1 aromatic heterocycles. The number of ether oxygens (including phenoxy) is 1. The van der Waals surface area contributed by atoms with Gasteiger partial charge < -0.3 is 15.4 Å². The average Bonchev–Trinajstić information content (AvgIpc) is 2.66. The van der Waals surface area contributed by atoms with Crippen LogP contribution >= 0.6 is 0 Å². The summed E-state index contributed by atoms with van der Waals surface area (Å²) in [6.07, 6.45) is 7.71. The minimum atomic E-state index is -0.548. The van der Waals surface area contributed by atoms with E-state index in [4.69, 9.17) is 4.74 Å². The first-order chi connectivity index (χ1) is 14.8. The number of hydrogen-bond acceptors (Lipinski definition) is 5. The molecule has 4 fully saturated rings. The van der Waals surface area contributed by atoms with Gasteiger partial charge in [-0.2, -0.15) is 0 Å². The van der Waals surface area contributed by atoms with Crippen molar-refractivity contribution in [2.75, 3.05) is 0 Å². The quantitative estimate of drug-likeness (QED) is 0.783. The lowest BCUT2D eigenvalue weighted by Gasteiger charge is -2.62. The Balaban J connectivity index is 1.32. The number of aromatic nitrogens is 2. The fourth-order valence-electron chi connectivity index (χ4n) is 6.32. The molecule has 7 nitrogen and oxygen atoms in total. The van der Waals surface area contributed by atoms with Crippen LogP contribution in [-0.2, 0) is 0 Å². The second-order valence-electron chi connectivity index (χ2n) is 9.50. The van der Waals surface area contributed by atoms with E-state index in [9.17, 15) is 14.0 Å². The van der Waals surface area contributed by atoms with Crippen LogP contribution in [0.4, 0.5) is 9.18 Å². The number of aryl methyl sites for hydroxylation is 1. The Labute approximate surface area is 179 Å². The predicted molar refractivity (Wildman–Crippen MR) is 110 cm³/mol. The fraction of sp³-hybridized carbons (Fsp3) is 0.478. The molecule has 0 spiro atoms. The summed E-state index contributed by atoms with van der Waals surface area (Å²) in [6, 6.07) is 5.74. The number of benzene rings is 1. The number of rotatable bonds is 4. The molecule has 4 aliphatic rings. The zero-order chi connectivity index (χ0) is 21.6. The van der Waals surface area contributed by atoms with Crippen LogP contribution in [0.5, 0.6) is 5.88 Å². The molecule has 2 aromatic rings. The van der Waals surface area contributed by atoms with Crippen LogP contribution in [0, 0.1) is 24.6 Å². The predicted octanol–water partition coefficient (Wildman–Crippen LogP) is 3.53. The molecule has 2 unspecified atom stereocenters. The van der Waals surface area contributed by atoms with Gasteiger partial charge in [-0.15, -0.1) is 0 Å². The van der Waals surface area contributed by atoms with Gasteiger partial charge in [0.1, 0.15) is 5.82 Å². The molecule has 31 heavy (non-hydrogen) atoms. The zero-order valence-electron chi connectivity index (χ0n) is 17.4. The van der Waals surface area contributed by atoms with Crippen molar-refractivity contribution in [3.63, 3.8) is 0 Å². The number of carbonyl (C=O) groups excluding carboxylic acids is 2. The lowest BCUT2D eigenvalue weighted by molar-refractivity contribution is -0.0449. The van der Waals surface area contributed by atoms with Crippen molar-refractivity contribution >= 4 is 12.0 Å². The molecule has 4 aliphatic carbocycles. The van der Waals surface area contributed by atoms with Gasteiger partial charge in [-0.25, -0.2) is 14.2 Å². The van der Waals surface area contributed by atoms with Crippen molar-refractivity contribution < 1.29 is 18.7 Å². The van der Waals surface area contributed by atoms with Gasteiger partial charge in [0, 0.05) is 22.8 Å². The third-order valence-corrected chi connectivity index (χ3v) is 6.82. The number of nitrogens with one attached hydrogen (secondary N) is 2. The molecule has 1 aromatic carbocycles. The van der Waals surface area contributed by atoms with Gasteiger partial charge >= 0.3 is 6.09 Å². The first-order valence-electron chi connectivity index (χ1n) is 10.7. The van der Waals surface area contributed by atoms with Crippen LogP contribution in [0.3, 0.4) is 0 Å². The van der Waals surface area contributed by atoms with E-state index >= 15 is 0 Å². The summed E-state index contributed by atoms with van der Waals surface area (Å²) in [5.74, 6) is 0.310. The molecule has 8 heteroatoms. The molecule has 2 N–H and O–H groups in total. The normalized spacial score (nSPS) is 30.6. The van der Waals surface area contributed by atoms with Crippen molar-refractivity contribution in [2.45, 2.75) is 56.5 Å². The summed E-state index contributed by atoms with van der Waals surface area (Å²) >= 11 is 0. The molecule has 0 saturated heterocycles. The van der Waals surface area contributed by atoms with Crippen LogP contribution in [0.2, 0.25) is 0 Å². The van der Waals surface area contributed by atoms with Gasteiger partial charge in [-0.05, 0) is 75.5 Å². The van der Waals surface area contributed by atoms with Crippen LogP contribution in [-0.4, -0.2) is 33.0 Å². The van der Waals surface area contributed by atoms with E-state index in [-0.39, 0.29) is 11.8 Å². The molecule has 4 bridgehead atoms. The number of halogens is 1. The molecule has 162 valence electrons. The van der Waals surface area contributed by atoms with E-state index < -0.39 is 23.0 Å². The molecule has 2 amide bonds. The average molecular weight is 424 g/mol. The maximum absolute atomic E-state index is 13.6. The minimum absolute atomic E-state index is 0.163. The van der Waals surface area contributed by atoms with Crippen LogP contribution < -0.4 is 15.4 Å². The minimum Gasteiger partial charge on any atom is -0.390 e. The first kappa shape index (κ1) is 19.9. The number of hydrogen-bond donors (Lipinski definition) is 2. The summed E-state index contributed by atoms with van der Waals surface area (Å²) in [6.45, 7) is 1.78. The van der Waals surface area contributed by atoms with Gasteiger partial charge in [-0.1, -0.05) is 6.07 Å². The summed E-state index contributed by atoms with van der Waals surface area (Å²) in [7, 11) is 0. The molecule has 6 rings (SSSR count). The number of carbonyl (C=O) groups is 2. The molecular formula is C23H25FN4O3. The van der Waals surface area contributed by atoms with Crippen LogP contribution in [0.25, 0.3) is 0 Å². The van der Waals surface area contributed by atoms with Gasteiger partial charge in [0.15, 0.2) is 0 Å². The van der Waals surface area contributed by atoms with Gasteiger partial charge in [0.25, 0.3) is 5.91 Å². The third kappa shape index (κ3) is 3.98.